The van der Waals surface area contributed by atoms with E-state index in [2.05, 4.69) is 0 Å². The number of carbonyl (C=O) groups is 1. The van der Waals surface area contributed by atoms with Crippen molar-refractivity contribution in [2.45, 2.75) is 6.42 Å². The molecule has 1 aliphatic carbocycles. The average molecular weight is 440 g/mol. The molecule has 1 aromatic heterocycles. The van der Waals surface area contributed by atoms with Crippen molar-refractivity contribution in [3.8, 4) is 28.4 Å². The summed E-state index contributed by atoms with van der Waals surface area (Å²) >= 11 is 6.26. The molecular weight excluding hydrogens is 418 g/mol. The van der Waals surface area contributed by atoms with Crippen LogP contribution in [0.3, 0.4) is 0 Å². The second-order valence-electron chi connectivity index (χ2n) is 7.51. The standard InChI is InChI=1S/C23H22ClN3O4/c1-29-19-11-14-10-18-21(23(28)26-6-8-31-9-7-26)25-27(16-5-3-4-15(24)12-16)22(18)17(14)13-20(19)30-2/h3-5,11-13H,6-10H2,1-2H3. The van der Waals surface area contributed by atoms with Crippen LogP contribution < -0.4 is 9.47 Å². The van der Waals surface area contributed by atoms with Crippen molar-refractivity contribution in [1.29, 1.82) is 0 Å². The summed E-state index contributed by atoms with van der Waals surface area (Å²) in [6, 6.07) is 11.4. The van der Waals surface area contributed by atoms with Gasteiger partial charge < -0.3 is 19.1 Å². The molecule has 31 heavy (non-hydrogen) atoms. The first-order valence-corrected chi connectivity index (χ1v) is 10.5. The van der Waals surface area contributed by atoms with Gasteiger partial charge in [0.05, 0.1) is 38.8 Å². The molecule has 2 heterocycles. The molecule has 0 N–H and O–H groups in total. The predicted molar refractivity (Wildman–Crippen MR) is 117 cm³/mol. The molecule has 2 aliphatic rings. The van der Waals surface area contributed by atoms with Crippen LogP contribution in [0.5, 0.6) is 11.5 Å². The van der Waals surface area contributed by atoms with E-state index in [1.165, 1.54) is 0 Å². The van der Waals surface area contributed by atoms with Gasteiger partial charge in [0.1, 0.15) is 0 Å². The van der Waals surface area contributed by atoms with Crippen LogP contribution in [0.25, 0.3) is 16.9 Å². The lowest BCUT2D eigenvalue weighted by Crippen LogP contribution is -2.41. The number of morpholine rings is 1. The lowest BCUT2D eigenvalue weighted by Gasteiger charge is -2.26. The van der Waals surface area contributed by atoms with Crippen LogP contribution in [-0.2, 0) is 11.2 Å². The number of nitrogens with zero attached hydrogens (tertiary/aromatic N) is 3. The van der Waals surface area contributed by atoms with Gasteiger partial charge in [-0.15, -0.1) is 0 Å². The molecule has 1 saturated heterocycles. The molecule has 0 atom stereocenters. The highest BCUT2D eigenvalue weighted by molar-refractivity contribution is 6.30. The second kappa shape index (κ2) is 7.90. The van der Waals surface area contributed by atoms with E-state index >= 15 is 0 Å². The zero-order valence-electron chi connectivity index (χ0n) is 17.4. The summed E-state index contributed by atoms with van der Waals surface area (Å²) in [5.74, 6) is 1.22. The minimum atomic E-state index is -0.0768. The van der Waals surface area contributed by atoms with Gasteiger partial charge in [-0.05, 0) is 35.9 Å². The lowest BCUT2D eigenvalue weighted by atomic mass is 10.1. The topological polar surface area (TPSA) is 65.8 Å². The van der Waals surface area contributed by atoms with Gasteiger partial charge in [0.25, 0.3) is 5.91 Å². The molecule has 0 bridgehead atoms. The highest BCUT2D eigenvalue weighted by Crippen LogP contribution is 2.45. The number of fused-ring (bicyclic) bond motifs is 3. The Kier molecular flexibility index (Phi) is 5.08. The van der Waals surface area contributed by atoms with Crippen molar-refractivity contribution in [2.75, 3.05) is 40.5 Å². The fourth-order valence-electron chi connectivity index (χ4n) is 4.26. The van der Waals surface area contributed by atoms with Gasteiger partial charge >= 0.3 is 0 Å². The predicted octanol–water partition coefficient (Wildman–Crippen LogP) is 3.59. The van der Waals surface area contributed by atoms with Gasteiger partial charge in [-0.1, -0.05) is 17.7 Å². The van der Waals surface area contributed by atoms with E-state index in [-0.39, 0.29) is 5.91 Å². The van der Waals surface area contributed by atoms with Crippen LogP contribution in [0.1, 0.15) is 21.6 Å². The fraction of sp³-hybridized carbons (Fsp3) is 0.304. The molecule has 160 valence electrons. The normalized spacial score (nSPS) is 14.9. The molecule has 1 aliphatic heterocycles. The monoisotopic (exact) mass is 439 g/mol. The largest absolute Gasteiger partial charge is 0.493 e. The molecule has 3 aromatic rings. The summed E-state index contributed by atoms with van der Waals surface area (Å²) in [5, 5.41) is 5.37. The minimum absolute atomic E-state index is 0.0768. The van der Waals surface area contributed by atoms with Crippen molar-refractivity contribution in [3.63, 3.8) is 0 Å². The molecule has 1 amide bonds. The van der Waals surface area contributed by atoms with E-state index < -0.39 is 0 Å². The number of halogens is 1. The van der Waals surface area contributed by atoms with Crippen molar-refractivity contribution in [3.05, 3.63) is 58.2 Å². The number of hydrogen-bond acceptors (Lipinski definition) is 5. The Morgan fingerprint density at radius 1 is 1.10 bits per heavy atom. The van der Waals surface area contributed by atoms with E-state index in [0.717, 1.165) is 28.1 Å². The maximum absolute atomic E-state index is 13.4. The van der Waals surface area contributed by atoms with Gasteiger partial charge in [-0.25, -0.2) is 4.68 Å². The third-order valence-electron chi connectivity index (χ3n) is 5.77. The Bertz CT molecular complexity index is 1170. The van der Waals surface area contributed by atoms with Crippen molar-refractivity contribution in [2.24, 2.45) is 0 Å². The molecule has 0 radical (unpaired) electrons. The third kappa shape index (κ3) is 3.34. The average Bonchev–Trinajstić information content (AvgIpc) is 3.35. The molecule has 7 nitrogen and oxygen atoms in total. The van der Waals surface area contributed by atoms with Crippen LogP contribution in [0.2, 0.25) is 5.02 Å². The van der Waals surface area contributed by atoms with Gasteiger partial charge in [0, 0.05) is 35.7 Å². The summed E-state index contributed by atoms with van der Waals surface area (Å²) < 4.78 is 18.2. The van der Waals surface area contributed by atoms with E-state index in [0.29, 0.717) is 54.9 Å². The minimum Gasteiger partial charge on any atom is -0.493 e. The molecule has 8 heteroatoms. The molecule has 0 spiro atoms. The van der Waals surface area contributed by atoms with E-state index in [1.807, 2.05) is 41.1 Å². The number of carbonyl (C=O) groups excluding carboxylic acids is 1. The summed E-state index contributed by atoms with van der Waals surface area (Å²) in [6.07, 6.45) is 0.594. The third-order valence-corrected chi connectivity index (χ3v) is 6.00. The van der Waals surface area contributed by atoms with Gasteiger partial charge in [-0.3, -0.25) is 4.79 Å². The number of benzene rings is 2. The maximum Gasteiger partial charge on any atom is 0.274 e. The number of amides is 1. The van der Waals surface area contributed by atoms with E-state index in [4.69, 9.17) is 30.9 Å². The summed E-state index contributed by atoms with van der Waals surface area (Å²) in [6.45, 7) is 2.20. The Hall–Kier alpha value is -3.03. The molecule has 5 rings (SSSR count). The van der Waals surface area contributed by atoms with Gasteiger partial charge in [0.2, 0.25) is 0 Å². The van der Waals surface area contributed by atoms with Crippen molar-refractivity contribution < 1.29 is 19.0 Å². The zero-order valence-corrected chi connectivity index (χ0v) is 18.1. The molecule has 0 saturated carbocycles. The van der Waals surface area contributed by atoms with Gasteiger partial charge in [-0.2, -0.15) is 5.10 Å². The number of ether oxygens (including phenoxy) is 3. The first kappa shape index (κ1) is 19.9. The van der Waals surface area contributed by atoms with E-state index in [1.54, 1.807) is 19.1 Å². The van der Waals surface area contributed by atoms with Crippen LogP contribution in [0, 0.1) is 0 Å². The summed E-state index contributed by atoms with van der Waals surface area (Å²) in [5.41, 5.74) is 5.09. The van der Waals surface area contributed by atoms with Crippen LogP contribution in [0.15, 0.2) is 36.4 Å². The summed E-state index contributed by atoms with van der Waals surface area (Å²) in [7, 11) is 3.23. The number of aromatic nitrogens is 2. The lowest BCUT2D eigenvalue weighted by molar-refractivity contribution is 0.0298. The van der Waals surface area contributed by atoms with Crippen LogP contribution >= 0.6 is 11.6 Å². The Labute approximate surface area is 185 Å². The molecule has 0 unspecified atom stereocenters. The highest BCUT2D eigenvalue weighted by Gasteiger charge is 2.34. The first-order valence-electron chi connectivity index (χ1n) is 10.1. The number of rotatable bonds is 4. The van der Waals surface area contributed by atoms with Crippen molar-refractivity contribution >= 4 is 17.5 Å². The number of hydrogen-bond donors (Lipinski definition) is 0. The molecular formula is C23H22ClN3O4. The van der Waals surface area contributed by atoms with Crippen LogP contribution in [-0.4, -0.2) is 61.1 Å². The highest BCUT2D eigenvalue weighted by atomic mass is 35.5. The SMILES string of the molecule is COc1cc2c(cc1OC)-c1c(c(C(=O)N3CCOCC3)nn1-c1cccc(Cl)c1)C2. The second-order valence-corrected chi connectivity index (χ2v) is 7.95. The molecule has 2 aromatic carbocycles. The Morgan fingerprint density at radius 2 is 1.84 bits per heavy atom. The van der Waals surface area contributed by atoms with E-state index in [9.17, 15) is 4.79 Å². The molecule has 1 fully saturated rings. The first-order chi connectivity index (χ1) is 15.1. The number of methoxy groups -OCH3 is 2. The Morgan fingerprint density at radius 3 is 2.55 bits per heavy atom. The van der Waals surface area contributed by atoms with Crippen molar-refractivity contribution in [1.82, 2.24) is 14.7 Å². The zero-order chi connectivity index (χ0) is 21.5. The maximum atomic E-state index is 13.4. The Balaban J connectivity index is 1.69. The quantitative estimate of drug-likeness (QED) is 0.486. The fourth-order valence-corrected chi connectivity index (χ4v) is 4.44. The smallest absolute Gasteiger partial charge is 0.274 e. The summed E-state index contributed by atoms with van der Waals surface area (Å²) in [4.78, 5) is 15.2. The van der Waals surface area contributed by atoms with Gasteiger partial charge in [0.15, 0.2) is 17.2 Å². The van der Waals surface area contributed by atoms with Crippen LogP contribution in [0.4, 0.5) is 0 Å².